The Bertz CT molecular complexity index is 208. The Morgan fingerprint density at radius 2 is 1.92 bits per heavy atom. The summed E-state index contributed by atoms with van der Waals surface area (Å²) in [5.41, 5.74) is 5.37. The summed E-state index contributed by atoms with van der Waals surface area (Å²) in [6.45, 7) is 0.774. The Hall–Kier alpha value is -0.320. The van der Waals surface area contributed by atoms with Gasteiger partial charge in [-0.15, -0.1) is 12.4 Å². The second-order valence-corrected chi connectivity index (χ2v) is 3.44. The van der Waals surface area contributed by atoms with Gasteiger partial charge in [-0.1, -0.05) is 11.8 Å². The number of aromatic nitrogens is 2. The molecule has 5 heteroatoms. The molecule has 0 bridgehead atoms. The van der Waals surface area contributed by atoms with E-state index in [2.05, 4.69) is 9.97 Å². The Kier molecular flexibility index (Phi) is 8.08. The van der Waals surface area contributed by atoms with Crippen LogP contribution in [-0.2, 0) is 0 Å². The maximum Gasteiger partial charge on any atom is 0.187 e. The summed E-state index contributed by atoms with van der Waals surface area (Å²) in [6, 6.07) is 1.82. The van der Waals surface area contributed by atoms with Crippen LogP contribution in [0.25, 0.3) is 0 Å². The van der Waals surface area contributed by atoms with E-state index in [1.54, 1.807) is 24.2 Å². The molecule has 0 radical (unpaired) electrons. The number of nitrogens with two attached hydrogens (primary N) is 1. The fraction of sp³-hybridized carbons (Fsp3) is 0.500. The third-order valence-electron chi connectivity index (χ3n) is 1.37. The highest BCUT2D eigenvalue weighted by Gasteiger charge is 1.93. The first-order valence-corrected chi connectivity index (χ1v) is 5.02. The lowest BCUT2D eigenvalue weighted by Crippen LogP contribution is -1.98. The van der Waals surface area contributed by atoms with Crippen LogP contribution in [0.3, 0.4) is 0 Å². The quantitative estimate of drug-likeness (QED) is 0.466. The van der Waals surface area contributed by atoms with E-state index in [0.29, 0.717) is 0 Å². The van der Waals surface area contributed by atoms with Crippen molar-refractivity contribution in [3.05, 3.63) is 18.5 Å². The van der Waals surface area contributed by atoms with Crippen molar-refractivity contribution in [1.82, 2.24) is 9.97 Å². The molecule has 0 aliphatic rings. The lowest BCUT2D eigenvalue weighted by molar-refractivity contribution is 0.812. The predicted octanol–water partition coefficient (Wildman–Crippen LogP) is 1.73. The van der Waals surface area contributed by atoms with E-state index in [0.717, 1.165) is 30.3 Å². The molecule has 0 unspecified atom stereocenters. The van der Waals surface area contributed by atoms with Crippen LogP contribution < -0.4 is 5.73 Å². The lowest BCUT2D eigenvalue weighted by atomic mass is 10.3. The third kappa shape index (κ3) is 5.85. The van der Waals surface area contributed by atoms with Gasteiger partial charge in [-0.05, 0) is 25.5 Å². The number of rotatable bonds is 5. The number of thioether (sulfide) groups is 1. The van der Waals surface area contributed by atoms with Crippen molar-refractivity contribution < 1.29 is 0 Å². The summed E-state index contributed by atoms with van der Waals surface area (Å²) in [5.74, 6) is 1.06. The van der Waals surface area contributed by atoms with Crippen molar-refractivity contribution in [3.8, 4) is 0 Å². The Labute approximate surface area is 88.9 Å². The summed E-state index contributed by atoms with van der Waals surface area (Å²) in [7, 11) is 0. The predicted molar refractivity (Wildman–Crippen MR) is 58.3 cm³/mol. The van der Waals surface area contributed by atoms with E-state index < -0.39 is 0 Å². The average Bonchev–Trinajstić information content (AvgIpc) is 2.14. The van der Waals surface area contributed by atoms with Gasteiger partial charge in [0.1, 0.15) is 0 Å². The monoisotopic (exact) mass is 219 g/mol. The zero-order chi connectivity index (χ0) is 8.65. The van der Waals surface area contributed by atoms with Crippen molar-refractivity contribution in [1.29, 1.82) is 0 Å². The number of hydrogen-bond acceptors (Lipinski definition) is 4. The maximum absolute atomic E-state index is 5.37. The van der Waals surface area contributed by atoms with Gasteiger partial charge < -0.3 is 5.73 Å². The molecule has 1 aromatic rings. The minimum Gasteiger partial charge on any atom is -0.330 e. The van der Waals surface area contributed by atoms with Gasteiger partial charge in [0, 0.05) is 18.1 Å². The zero-order valence-electron chi connectivity index (χ0n) is 7.35. The number of nitrogens with zero attached hydrogens (tertiary/aromatic N) is 2. The highest BCUT2D eigenvalue weighted by Crippen LogP contribution is 2.12. The van der Waals surface area contributed by atoms with E-state index in [-0.39, 0.29) is 12.4 Å². The normalized spacial score (nSPS) is 9.31. The third-order valence-corrected chi connectivity index (χ3v) is 2.33. The van der Waals surface area contributed by atoms with Crippen molar-refractivity contribution in [3.63, 3.8) is 0 Å². The van der Waals surface area contributed by atoms with Gasteiger partial charge in [-0.25, -0.2) is 9.97 Å². The van der Waals surface area contributed by atoms with Crippen LogP contribution in [0, 0.1) is 0 Å². The minimum absolute atomic E-state index is 0. The molecule has 0 aliphatic carbocycles. The van der Waals surface area contributed by atoms with E-state index in [1.165, 1.54) is 0 Å². The number of unbranched alkanes of at least 4 members (excludes halogenated alkanes) is 1. The molecule has 0 saturated carbocycles. The van der Waals surface area contributed by atoms with Crippen LogP contribution in [0.5, 0.6) is 0 Å². The van der Waals surface area contributed by atoms with Gasteiger partial charge in [0.15, 0.2) is 5.16 Å². The van der Waals surface area contributed by atoms with Crippen LogP contribution >= 0.6 is 24.2 Å². The Morgan fingerprint density at radius 1 is 1.23 bits per heavy atom. The van der Waals surface area contributed by atoms with Crippen LogP contribution in [-0.4, -0.2) is 22.3 Å². The molecule has 0 aromatic carbocycles. The first-order valence-electron chi connectivity index (χ1n) is 4.03. The van der Waals surface area contributed by atoms with E-state index >= 15 is 0 Å². The SMILES string of the molecule is Cl.NCCCCSc1ncccn1. The molecule has 0 saturated heterocycles. The molecule has 3 nitrogen and oxygen atoms in total. The molecular formula is C8H14ClN3S. The molecule has 0 fully saturated rings. The van der Waals surface area contributed by atoms with Crippen molar-refractivity contribution in [2.24, 2.45) is 5.73 Å². The molecule has 1 rings (SSSR count). The van der Waals surface area contributed by atoms with Crippen LogP contribution in [0.15, 0.2) is 23.6 Å². The minimum atomic E-state index is 0. The summed E-state index contributed by atoms with van der Waals surface area (Å²) in [6.07, 6.45) is 5.75. The smallest absolute Gasteiger partial charge is 0.187 e. The summed E-state index contributed by atoms with van der Waals surface area (Å²) in [5, 5.41) is 0.856. The fourth-order valence-electron chi connectivity index (χ4n) is 0.770. The van der Waals surface area contributed by atoms with Crippen LogP contribution in [0.4, 0.5) is 0 Å². The van der Waals surface area contributed by atoms with Crippen LogP contribution in [0.2, 0.25) is 0 Å². The molecule has 1 aromatic heterocycles. The van der Waals surface area contributed by atoms with E-state index in [9.17, 15) is 0 Å². The summed E-state index contributed by atoms with van der Waals surface area (Å²) >= 11 is 1.68. The second kappa shape index (κ2) is 8.29. The average molecular weight is 220 g/mol. The largest absolute Gasteiger partial charge is 0.330 e. The first kappa shape index (κ1) is 12.7. The highest BCUT2D eigenvalue weighted by atomic mass is 35.5. The van der Waals surface area contributed by atoms with E-state index in [1.807, 2.05) is 6.07 Å². The first-order chi connectivity index (χ1) is 5.93. The standard InChI is InChI=1S/C8H13N3S.ClH/c9-4-1-2-7-12-8-10-5-3-6-11-8;/h3,5-6H,1-2,4,7,9H2;1H. The molecule has 1 heterocycles. The summed E-state index contributed by atoms with van der Waals surface area (Å²) in [4.78, 5) is 8.19. The van der Waals surface area contributed by atoms with Crippen LogP contribution in [0.1, 0.15) is 12.8 Å². The summed E-state index contributed by atoms with van der Waals surface area (Å²) < 4.78 is 0. The van der Waals surface area contributed by atoms with Gasteiger partial charge in [0.2, 0.25) is 0 Å². The molecular weight excluding hydrogens is 206 g/mol. The number of hydrogen-bond donors (Lipinski definition) is 1. The van der Waals surface area contributed by atoms with Gasteiger partial charge in [-0.2, -0.15) is 0 Å². The number of halogens is 1. The molecule has 13 heavy (non-hydrogen) atoms. The van der Waals surface area contributed by atoms with Gasteiger partial charge in [-0.3, -0.25) is 0 Å². The van der Waals surface area contributed by atoms with Gasteiger partial charge in [0.05, 0.1) is 0 Å². The molecule has 0 atom stereocenters. The zero-order valence-corrected chi connectivity index (χ0v) is 8.98. The lowest BCUT2D eigenvalue weighted by Gasteiger charge is -1.97. The molecule has 0 amide bonds. The van der Waals surface area contributed by atoms with Gasteiger partial charge >= 0.3 is 0 Å². The van der Waals surface area contributed by atoms with Crippen molar-refractivity contribution in [2.75, 3.05) is 12.3 Å². The molecule has 0 aliphatic heterocycles. The Balaban J connectivity index is 0.00000144. The highest BCUT2D eigenvalue weighted by molar-refractivity contribution is 7.99. The van der Waals surface area contributed by atoms with Crippen molar-refractivity contribution >= 4 is 24.2 Å². The second-order valence-electron chi connectivity index (χ2n) is 2.38. The molecule has 74 valence electrons. The fourth-order valence-corrected chi connectivity index (χ4v) is 1.57. The van der Waals surface area contributed by atoms with Gasteiger partial charge in [0.25, 0.3) is 0 Å². The van der Waals surface area contributed by atoms with E-state index in [4.69, 9.17) is 5.73 Å². The molecule has 0 spiro atoms. The molecule has 2 N–H and O–H groups in total. The van der Waals surface area contributed by atoms with Crippen molar-refractivity contribution in [2.45, 2.75) is 18.0 Å². The Morgan fingerprint density at radius 3 is 2.54 bits per heavy atom. The maximum atomic E-state index is 5.37. The topological polar surface area (TPSA) is 51.8 Å².